The third-order valence-electron chi connectivity index (χ3n) is 2.68. The lowest BCUT2D eigenvalue weighted by Gasteiger charge is -2.30. The molecule has 0 aliphatic heterocycles. The van der Waals surface area contributed by atoms with E-state index >= 15 is 0 Å². The van der Waals surface area contributed by atoms with E-state index in [1.165, 1.54) is 4.90 Å². The second-order valence-corrected chi connectivity index (χ2v) is 4.83. The molecule has 0 saturated heterocycles. The molecule has 0 aliphatic carbocycles. The molecule has 0 heterocycles. The third kappa shape index (κ3) is 4.61. The fraction of sp³-hybridized carbons (Fsp3) is 0.500. The van der Waals surface area contributed by atoms with Crippen molar-refractivity contribution in [1.29, 1.82) is 0 Å². The predicted octanol–water partition coefficient (Wildman–Crippen LogP) is 2.01. The van der Waals surface area contributed by atoms with Crippen LogP contribution in [0.15, 0.2) is 28.7 Å². The molecule has 0 bridgehead atoms. The predicted molar refractivity (Wildman–Crippen MR) is 70.6 cm³/mol. The van der Waals surface area contributed by atoms with Crippen molar-refractivity contribution in [3.05, 3.63) is 34.3 Å². The second-order valence-electron chi connectivity index (χ2n) is 3.91. The van der Waals surface area contributed by atoms with Crippen LogP contribution < -0.4 is 5.73 Å². The maximum Gasteiger partial charge on any atom is 0.251 e. The third-order valence-corrected chi connectivity index (χ3v) is 3.21. The van der Waals surface area contributed by atoms with Crippen LogP contribution in [0.3, 0.4) is 0 Å². The molecule has 18 heavy (non-hydrogen) atoms. The normalized spacial score (nSPS) is 13.3. The van der Waals surface area contributed by atoms with Crippen molar-refractivity contribution in [2.24, 2.45) is 5.73 Å². The van der Waals surface area contributed by atoms with Crippen molar-refractivity contribution in [2.45, 2.75) is 12.5 Å². The van der Waals surface area contributed by atoms with Crippen LogP contribution in [0.5, 0.6) is 0 Å². The number of alkyl halides is 2. The van der Waals surface area contributed by atoms with Crippen LogP contribution in [-0.2, 0) is 0 Å². The van der Waals surface area contributed by atoms with Crippen molar-refractivity contribution in [1.82, 2.24) is 4.90 Å². The molecule has 3 nitrogen and oxygen atoms in total. The zero-order valence-electron chi connectivity index (χ0n) is 9.90. The van der Waals surface area contributed by atoms with Gasteiger partial charge in [0.05, 0.1) is 13.2 Å². The smallest absolute Gasteiger partial charge is 0.251 e. The Balaban J connectivity index is 2.86. The minimum absolute atomic E-state index is 0.167. The van der Waals surface area contributed by atoms with Crippen LogP contribution in [-0.4, -0.2) is 42.7 Å². The zero-order chi connectivity index (χ0) is 13.5. The Bertz CT molecular complexity index is 348. The average molecular weight is 323 g/mol. The molecule has 0 amide bonds. The number of halogens is 3. The van der Waals surface area contributed by atoms with Gasteiger partial charge in [0.2, 0.25) is 0 Å². The summed E-state index contributed by atoms with van der Waals surface area (Å²) >= 11 is 3.32. The fourth-order valence-corrected chi connectivity index (χ4v) is 2.13. The van der Waals surface area contributed by atoms with E-state index in [1.54, 1.807) is 0 Å². The maximum absolute atomic E-state index is 12.5. The highest BCUT2D eigenvalue weighted by molar-refractivity contribution is 9.10. The van der Waals surface area contributed by atoms with Gasteiger partial charge < -0.3 is 10.8 Å². The average Bonchev–Trinajstić information content (AvgIpc) is 2.32. The van der Waals surface area contributed by atoms with E-state index in [9.17, 15) is 8.78 Å². The van der Waals surface area contributed by atoms with E-state index in [1.807, 2.05) is 24.3 Å². The quantitative estimate of drug-likeness (QED) is 0.807. The van der Waals surface area contributed by atoms with Crippen molar-refractivity contribution in [3.8, 4) is 0 Å². The van der Waals surface area contributed by atoms with E-state index in [0.29, 0.717) is 0 Å². The molecule has 1 aromatic rings. The van der Waals surface area contributed by atoms with E-state index in [0.717, 1.165) is 10.0 Å². The van der Waals surface area contributed by atoms with Gasteiger partial charge in [0.25, 0.3) is 6.43 Å². The summed E-state index contributed by atoms with van der Waals surface area (Å²) in [4.78, 5) is 1.51. The Hall–Kier alpha value is -0.560. The molecule has 3 N–H and O–H groups in total. The lowest BCUT2D eigenvalue weighted by atomic mass is 10.1. The number of rotatable bonds is 7. The van der Waals surface area contributed by atoms with Gasteiger partial charge in [-0.1, -0.05) is 28.1 Å². The lowest BCUT2D eigenvalue weighted by Crippen LogP contribution is -2.38. The maximum atomic E-state index is 12.5. The van der Waals surface area contributed by atoms with Crippen molar-refractivity contribution >= 4 is 15.9 Å². The first kappa shape index (κ1) is 15.5. The van der Waals surface area contributed by atoms with Crippen LogP contribution in [0.2, 0.25) is 0 Å². The highest BCUT2D eigenvalue weighted by atomic mass is 79.9. The number of hydrogen-bond acceptors (Lipinski definition) is 3. The largest absolute Gasteiger partial charge is 0.395 e. The van der Waals surface area contributed by atoms with Gasteiger partial charge in [-0.05, 0) is 17.7 Å². The first-order valence-electron chi connectivity index (χ1n) is 5.67. The molecular weight excluding hydrogens is 306 g/mol. The molecule has 6 heteroatoms. The number of aliphatic hydroxyl groups is 1. The number of aliphatic hydroxyl groups excluding tert-OH is 1. The van der Waals surface area contributed by atoms with Crippen molar-refractivity contribution < 1.29 is 13.9 Å². The Morgan fingerprint density at radius 2 is 1.89 bits per heavy atom. The Morgan fingerprint density at radius 3 is 2.33 bits per heavy atom. The molecule has 1 rings (SSSR count). The van der Waals surface area contributed by atoms with E-state index in [-0.39, 0.29) is 25.7 Å². The van der Waals surface area contributed by atoms with Crippen molar-refractivity contribution in [2.75, 3.05) is 26.2 Å². The highest BCUT2D eigenvalue weighted by Crippen LogP contribution is 2.22. The highest BCUT2D eigenvalue weighted by Gasteiger charge is 2.21. The number of hydrogen-bond donors (Lipinski definition) is 2. The molecule has 0 fully saturated rings. The minimum atomic E-state index is -2.44. The summed E-state index contributed by atoms with van der Waals surface area (Å²) < 4.78 is 25.9. The summed E-state index contributed by atoms with van der Waals surface area (Å²) in [5.41, 5.74) is 6.54. The number of nitrogens with two attached hydrogens (primary N) is 1. The summed E-state index contributed by atoms with van der Waals surface area (Å²) in [7, 11) is 0. The molecule has 102 valence electrons. The molecule has 0 radical (unpaired) electrons. The van der Waals surface area contributed by atoms with Gasteiger partial charge >= 0.3 is 0 Å². The molecule has 0 aromatic heterocycles. The van der Waals surface area contributed by atoms with E-state index in [2.05, 4.69) is 15.9 Å². The molecular formula is C12H17BrF2N2O. The molecule has 0 spiro atoms. The van der Waals surface area contributed by atoms with Gasteiger partial charge in [-0.3, -0.25) is 4.90 Å². The molecule has 0 aliphatic rings. The van der Waals surface area contributed by atoms with Crippen LogP contribution in [0, 0.1) is 0 Å². The Kier molecular flexibility index (Phi) is 6.70. The van der Waals surface area contributed by atoms with E-state index in [4.69, 9.17) is 10.8 Å². The summed E-state index contributed by atoms with van der Waals surface area (Å²) in [6, 6.07) is 7.07. The summed E-state index contributed by atoms with van der Waals surface area (Å²) in [6.45, 7) is -0.144. The monoisotopic (exact) mass is 322 g/mol. The first-order valence-corrected chi connectivity index (χ1v) is 6.46. The molecule has 1 atom stereocenters. The standard InChI is InChI=1S/C12H17BrF2N2O/c13-10-3-1-9(2-4-10)11(7-16)17(5-6-18)8-12(14)15/h1-4,11-12,18H,5-8,16H2. The van der Waals surface area contributed by atoms with Gasteiger partial charge in [-0.15, -0.1) is 0 Å². The number of nitrogens with zero attached hydrogens (tertiary/aromatic N) is 1. The second kappa shape index (κ2) is 7.78. The summed E-state index contributed by atoms with van der Waals surface area (Å²) in [5, 5.41) is 8.95. The Labute approximate surface area is 114 Å². The number of benzene rings is 1. The van der Waals surface area contributed by atoms with Crippen LogP contribution in [0.25, 0.3) is 0 Å². The zero-order valence-corrected chi connectivity index (χ0v) is 11.5. The lowest BCUT2D eigenvalue weighted by molar-refractivity contribution is 0.0562. The molecule has 1 unspecified atom stereocenters. The van der Waals surface area contributed by atoms with Crippen LogP contribution in [0.4, 0.5) is 8.78 Å². The fourth-order valence-electron chi connectivity index (χ4n) is 1.86. The van der Waals surface area contributed by atoms with E-state index < -0.39 is 13.0 Å². The topological polar surface area (TPSA) is 49.5 Å². The first-order chi connectivity index (χ1) is 8.58. The molecule has 1 aromatic carbocycles. The van der Waals surface area contributed by atoms with Crippen molar-refractivity contribution in [3.63, 3.8) is 0 Å². The Morgan fingerprint density at radius 1 is 1.28 bits per heavy atom. The SMILES string of the molecule is NCC(c1ccc(Br)cc1)N(CCO)CC(F)F. The van der Waals surface area contributed by atoms with Gasteiger partial charge in [-0.2, -0.15) is 0 Å². The van der Waals surface area contributed by atoms with Gasteiger partial charge in [0.15, 0.2) is 0 Å². The summed E-state index contributed by atoms with van der Waals surface area (Å²) in [6.07, 6.45) is -2.44. The molecule has 0 saturated carbocycles. The summed E-state index contributed by atoms with van der Waals surface area (Å²) in [5.74, 6) is 0. The minimum Gasteiger partial charge on any atom is -0.395 e. The van der Waals surface area contributed by atoms with Crippen LogP contribution >= 0.6 is 15.9 Å². The van der Waals surface area contributed by atoms with Crippen LogP contribution in [0.1, 0.15) is 11.6 Å². The van der Waals surface area contributed by atoms with Gasteiger partial charge in [0.1, 0.15) is 0 Å². The van der Waals surface area contributed by atoms with Gasteiger partial charge in [0, 0.05) is 23.6 Å². The van der Waals surface area contributed by atoms with Gasteiger partial charge in [-0.25, -0.2) is 8.78 Å².